The lowest BCUT2D eigenvalue weighted by molar-refractivity contribution is -0.193. The van der Waals surface area contributed by atoms with Gasteiger partial charge in [-0.2, -0.15) is 26.3 Å². The third kappa shape index (κ3) is 14.9. The molecule has 1 fully saturated rings. The average molecular weight is 755 g/mol. The summed E-state index contributed by atoms with van der Waals surface area (Å²) in [6.07, 6.45) is -4.14. The van der Waals surface area contributed by atoms with Crippen LogP contribution in [-0.4, -0.2) is 108 Å². The van der Waals surface area contributed by atoms with Crippen LogP contribution >= 0.6 is 0 Å². The molecule has 0 aliphatic carbocycles. The number of aliphatic carboxylic acids is 2. The monoisotopic (exact) mass is 754 g/mol. The van der Waals surface area contributed by atoms with Gasteiger partial charge in [-0.1, -0.05) is 30.3 Å². The third-order valence-electron chi connectivity index (χ3n) is 7.22. The van der Waals surface area contributed by atoms with Crippen LogP contribution in [0.25, 0.3) is 10.9 Å². The van der Waals surface area contributed by atoms with Gasteiger partial charge in [-0.15, -0.1) is 0 Å². The fraction of sp³-hybridized carbons (Fsp3) is 0.433. The van der Waals surface area contributed by atoms with Crippen LogP contribution in [0.1, 0.15) is 36.9 Å². The van der Waals surface area contributed by atoms with Gasteiger partial charge in [0, 0.05) is 42.1 Å². The van der Waals surface area contributed by atoms with Crippen molar-refractivity contribution in [1.82, 2.24) is 30.2 Å². The van der Waals surface area contributed by atoms with Gasteiger partial charge in [0.2, 0.25) is 21.8 Å². The average Bonchev–Trinajstić information content (AvgIpc) is 3.46. The predicted molar refractivity (Wildman–Crippen MR) is 170 cm³/mol. The first kappa shape index (κ1) is 42.4. The van der Waals surface area contributed by atoms with Crippen molar-refractivity contribution in [2.45, 2.75) is 56.7 Å². The number of sulfonamides is 1. The number of hydrogen-bond acceptors (Lipinski definition) is 8. The first-order valence-corrected chi connectivity index (χ1v) is 16.8. The van der Waals surface area contributed by atoms with Gasteiger partial charge >= 0.3 is 24.3 Å². The zero-order valence-electron chi connectivity index (χ0n) is 27.1. The number of fused-ring (bicyclic) bond motifs is 1. The van der Waals surface area contributed by atoms with E-state index >= 15 is 0 Å². The van der Waals surface area contributed by atoms with Crippen LogP contribution in [0.3, 0.4) is 0 Å². The lowest BCUT2D eigenvalue weighted by atomic mass is 9.85. The second-order valence-corrected chi connectivity index (χ2v) is 13.0. The van der Waals surface area contributed by atoms with Crippen LogP contribution in [0.2, 0.25) is 0 Å². The number of aromatic amines is 1. The zero-order chi connectivity index (χ0) is 38.6. The van der Waals surface area contributed by atoms with Crippen LogP contribution in [-0.2, 0) is 35.7 Å². The Balaban J connectivity index is 0.000000543. The summed E-state index contributed by atoms with van der Waals surface area (Å²) in [4.78, 5) is 53.2. The van der Waals surface area contributed by atoms with Crippen LogP contribution in [0.5, 0.6) is 0 Å². The fourth-order valence-corrected chi connectivity index (χ4v) is 5.26. The number of carbonyl (C=O) groups is 4. The number of nitrogens with zero attached hydrogens (tertiary/aromatic N) is 2. The number of H-pyrrole nitrogens is 1. The molecule has 3 atom stereocenters. The highest BCUT2D eigenvalue weighted by atomic mass is 32.2. The lowest BCUT2D eigenvalue weighted by Gasteiger charge is -2.39. The fourth-order valence-electron chi connectivity index (χ4n) is 4.80. The molecule has 6 N–H and O–H groups in total. The summed E-state index contributed by atoms with van der Waals surface area (Å²) < 4.78 is 89.0. The summed E-state index contributed by atoms with van der Waals surface area (Å²) in [6, 6.07) is 12.7. The number of carboxylic acids is 2. The SMILES string of the molecule is C[C@H](NC(=O)[C@H]1C[C@@H](c2ccccc2)CCN1CCNS(C)(=O)=O)C(=O)NCc1cc2cnccc2[nH]1.O=C(O)C(F)(F)F.O=C(O)C(F)(F)F. The maximum absolute atomic E-state index is 13.4. The largest absolute Gasteiger partial charge is 0.490 e. The van der Waals surface area contributed by atoms with Gasteiger partial charge in [-0.05, 0) is 49.9 Å². The summed E-state index contributed by atoms with van der Waals surface area (Å²) >= 11 is 0. The number of pyridine rings is 1. The number of aromatic nitrogens is 2. The van der Waals surface area contributed by atoms with Crippen LogP contribution in [0.15, 0.2) is 54.9 Å². The van der Waals surface area contributed by atoms with Crippen molar-refractivity contribution in [1.29, 1.82) is 0 Å². The number of benzene rings is 1. The van der Waals surface area contributed by atoms with E-state index in [4.69, 9.17) is 19.8 Å². The molecule has 3 heterocycles. The van der Waals surface area contributed by atoms with Gasteiger partial charge in [-0.3, -0.25) is 19.5 Å². The number of carbonyl (C=O) groups excluding carboxylic acids is 2. The van der Waals surface area contributed by atoms with Crippen molar-refractivity contribution in [2.24, 2.45) is 0 Å². The predicted octanol–water partition coefficient (Wildman–Crippen LogP) is 2.75. The first-order chi connectivity index (χ1) is 23.6. The number of amides is 2. The molecule has 1 saturated heterocycles. The van der Waals surface area contributed by atoms with E-state index in [1.165, 1.54) is 5.56 Å². The molecule has 2 amide bonds. The van der Waals surface area contributed by atoms with Gasteiger partial charge in [0.15, 0.2) is 0 Å². The van der Waals surface area contributed by atoms with Crippen LogP contribution in [0.4, 0.5) is 26.3 Å². The molecule has 1 aliphatic heterocycles. The molecule has 21 heteroatoms. The summed E-state index contributed by atoms with van der Waals surface area (Å²) in [5.41, 5.74) is 2.96. The van der Waals surface area contributed by atoms with E-state index in [0.717, 1.165) is 29.3 Å². The molecule has 51 heavy (non-hydrogen) atoms. The normalized spacial score (nSPS) is 17.2. The van der Waals surface area contributed by atoms with Crippen molar-refractivity contribution in [3.63, 3.8) is 0 Å². The standard InChI is InChI=1S/C26H34N6O4S.2C2HF3O2/c1-18(25(33)28-17-22-14-21-16-27-10-8-23(21)31-22)30-26(34)24-15-20(19-6-4-3-5-7-19)9-12-32(24)13-11-29-37(2,35)36;2*3-2(4,5)1(6)7/h3-8,10,14,16,18,20,24,29,31H,9,11-13,15,17H2,1-2H3,(H,28,33)(H,30,34);2*(H,6,7)/t18-,20-,24+;;/m0../s1. The molecule has 282 valence electrons. The van der Waals surface area contributed by atoms with Crippen molar-refractivity contribution in [3.05, 3.63) is 66.1 Å². The molecular formula is C30H36F6N6O8S. The van der Waals surface area contributed by atoms with Crippen molar-refractivity contribution >= 4 is 44.7 Å². The summed E-state index contributed by atoms with van der Waals surface area (Å²) in [5.74, 6) is -5.83. The Labute approximate surface area is 287 Å². The van der Waals surface area contributed by atoms with E-state index in [1.807, 2.05) is 35.2 Å². The molecule has 1 aromatic carbocycles. The molecule has 2 aromatic heterocycles. The summed E-state index contributed by atoms with van der Waals surface area (Å²) in [6.45, 7) is 3.24. The Kier molecular flexibility index (Phi) is 15.4. The van der Waals surface area contributed by atoms with Crippen molar-refractivity contribution in [3.8, 4) is 0 Å². The summed E-state index contributed by atoms with van der Waals surface area (Å²) in [7, 11) is -3.32. The number of piperidine rings is 1. The van der Waals surface area contributed by atoms with Gasteiger partial charge < -0.3 is 25.8 Å². The number of carboxylic acid groups (broad SMARTS) is 2. The Bertz CT molecular complexity index is 1680. The second-order valence-electron chi connectivity index (χ2n) is 11.2. The smallest absolute Gasteiger partial charge is 0.475 e. The van der Waals surface area contributed by atoms with E-state index < -0.39 is 46.4 Å². The Morgan fingerprint density at radius 2 is 1.61 bits per heavy atom. The highest BCUT2D eigenvalue weighted by molar-refractivity contribution is 7.88. The number of rotatable bonds is 10. The maximum Gasteiger partial charge on any atom is 0.490 e. The minimum absolute atomic E-state index is 0.205. The summed E-state index contributed by atoms with van der Waals surface area (Å²) in [5, 5.41) is 21.0. The van der Waals surface area contributed by atoms with E-state index in [2.05, 4.69) is 37.5 Å². The number of halogens is 6. The molecule has 0 unspecified atom stereocenters. The molecule has 3 aromatic rings. The molecule has 14 nitrogen and oxygen atoms in total. The molecule has 0 bridgehead atoms. The number of nitrogens with one attached hydrogen (secondary N) is 4. The van der Waals surface area contributed by atoms with E-state index in [9.17, 15) is 44.3 Å². The van der Waals surface area contributed by atoms with Gasteiger partial charge in [0.05, 0.1) is 18.8 Å². The van der Waals surface area contributed by atoms with Gasteiger partial charge in [0.1, 0.15) is 6.04 Å². The lowest BCUT2D eigenvalue weighted by Crippen LogP contribution is -2.56. The molecule has 0 spiro atoms. The molecule has 4 rings (SSSR count). The molecule has 1 aliphatic rings. The minimum Gasteiger partial charge on any atom is -0.475 e. The second kappa shape index (κ2) is 18.5. The van der Waals surface area contributed by atoms with E-state index in [-0.39, 0.29) is 24.3 Å². The number of likely N-dealkylation sites (tertiary alicyclic amines) is 1. The first-order valence-electron chi connectivity index (χ1n) is 14.9. The minimum atomic E-state index is -5.08. The topological polar surface area (TPSA) is 211 Å². The van der Waals surface area contributed by atoms with E-state index in [0.29, 0.717) is 26.1 Å². The highest BCUT2D eigenvalue weighted by Gasteiger charge is 2.39. The van der Waals surface area contributed by atoms with Crippen molar-refractivity contribution < 1.29 is 64.2 Å². The third-order valence-corrected chi connectivity index (χ3v) is 7.95. The van der Waals surface area contributed by atoms with Gasteiger partial charge in [-0.25, -0.2) is 22.7 Å². The number of alkyl halides is 6. The van der Waals surface area contributed by atoms with Gasteiger partial charge in [0.25, 0.3) is 0 Å². The Morgan fingerprint density at radius 1 is 1.02 bits per heavy atom. The molecule has 0 saturated carbocycles. The molecule has 0 radical (unpaired) electrons. The van der Waals surface area contributed by atoms with Crippen molar-refractivity contribution in [2.75, 3.05) is 25.9 Å². The highest BCUT2D eigenvalue weighted by Crippen LogP contribution is 2.31. The number of hydrogen-bond donors (Lipinski definition) is 6. The van der Waals surface area contributed by atoms with Crippen LogP contribution < -0.4 is 15.4 Å². The maximum atomic E-state index is 13.4. The van der Waals surface area contributed by atoms with Crippen LogP contribution in [0, 0.1) is 0 Å². The quantitative estimate of drug-likeness (QED) is 0.167. The molecular weight excluding hydrogens is 718 g/mol. The zero-order valence-corrected chi connectivity index (χ0v) is 27.9. The Hall–Kier alpha value is -4.76. The Morgan fingerprint density at radius 3 is 2.14 bits per heavy atom. The van der Waals surface area contributed by atoms with E-state index in [1.54, 1.807) is 19.3 Å².